The van der Waals surface area contributed by atoms with Crippen LogP contribution in [0.25, 0.3) is 6.08 Å². The molecule has 0 aliphatic carbocycles. The number of hydrogen-bond donors (Lipinski definition) is 1. The van der Waals surface area contributed by atoms with Gasteiger partial charge in [0, 0.05) is 5.56 Å². The molecular formula is C23H20ClN3O6. The lowest BCUT2D eigenvalue weighted by atomic mass is 10.1. The largest absolute Gasteiger partial charge is 0.490 e. The van der Waals surface area contributed by atoms with Crippen molar-refractivity contribution in [2.45, 2.75) is 13.5 Å². The standard InChI is InChI=1S/C23H20ClN3O6/c1-3-32-19-10-14(9-18-22(29)27(23(30)26-18)12-20(28)31-2)8-17(24)21(19)33-13-16-7-5-4-6-15(16)11-25/h4-10H,3,12-13H2,1-2H3,(H,26,30). The molecule has 10 heteroatoms. The molecule has 3 rings (SSSR count). The number of halogens is 1. The summed E-state index contributed by atoms with van der Waals surface area (Å²) in [5.74, 6) is -0.786. The highest BCUT2D eigenvalue weighted by Gasteiger charge is 2.35. The number of carbonyl (C=O) groups is 3. The number of ether oxygens (including phenoxy) is 3. The first-order valence-electron chi connectivity index (χ1n) is 9.86. The molecule has 1 aliphatic heterocycles. The molecule has 0 spiro atoms. The van der Waals surface area contributed by atoms with Gasteiger partial charge < -0.3 is 19.5 Å². The Morgan fingerprint density at radius 2 is 2.00 bits per heavy atom. The van der Waals surface area contributed by atoms with E-state index in [9.17, 15) is 19.6 Å². The van der Waals surface area contributed by atoms with Gasteiger partial charge in [-0.25, -0.2) is 9.69 Å². The van der Waals surface area contributed by atoms with E-state index in [1.54, 1.807) is 43.3 Å². The predicted octanol–water partition coefficient (Wildman–Crippen LogP) is 3.26. The Hall–Kier alpha value is -4.03. The van der Waals surface area contributed by atoms with Crippen LogP contribution in [-0.4, -0.2) is 43.1 Å². The molecular weight excluding hydrogens is 450 g/mol. The molecule has 1 N–H and O–H groups in total. The van der Waals surface area contributed by atoms with Gasteiger partial charge in [0.1, 0.15) is 18.8 Å². The minimum Gasteiger partial charge on any atom is -0.490 e. The SMILES string of the molecule is CCOc1cc(C=C2NC(=O)N(CC(=O)OC)C2=O)cc(Cl)c1OCc1ccccc1C#N. The van der Waals surface area contributed by atoms with Gasteiger partial charge in [-0.15, -0.1) is 0 Å². The first-order chi connectivity index (χ1) is 15.9. The van der Waals surface area contributed by atoms with E-state index in [1.807, 2.05) is 0 Å². The molecule has 0 atom stereocenters. The van der Waals surface area contributed by atoms with Crippen molar-refractivity contribution < 1.29 is 28.6 Å². The number of esters is 1. The van der Waals surface area contributed by atoms with Crippen LogP contribution in [0.5, 0.6) is 11.5 Å². The Kier molecular flexibility index (Phi) is 7.53. The van der Waals surface area contributed by atoms with Crippen LogP contribution in [0.15, 0.2) is 42.1 Å². The van der Waals surface area contributed by atoms with Crippen molar-refractivity contribution in [3.05, 3.63) is 63.8 Å². The molecule has 1 fully saturated rings. The molecule has 2 aromatic carbocycles. The maximum Gasteiger partial charge on any atom is 0.329 e. The summed E-state index contributed by atoms with van der Waals surface area (Å²) < 4.78 is 16.0. The number of urea groups is 1. The lowest BCUT2D eigenvalue weighted by molar-refractivity contribution is -0.143. The molecule has 0 bridgehead atoms. The molecule has 0 saturated carbocycles. The van der Waals surface area contributed by atoms with E-state index in [-0.39, 0.29) is 23.1 Å². The number of nitriles is 1. The van der Waals surface area contributed by atoms with Crippen LogP contribution in [0.4, 0.5) is 4.79 Å². The summed E-state index contributed by atoms with van der Waals surface area (Å²) in [5, 5.41) is 11.9. The van der Waals surface area contributed by atoms with Gasteiger partial charge in [0.05, 0.1) is 30.4 Å². The van der Waals surface area contributed by atoms with Crippen LogP contribution in [-0.2, 0) is 20.9 Å². The summed E-state index contributed by atoms with van der Waals surface area (Å²) in [5.41, 5.74) is 1.62. The van der Waals surface area contributed by atoms with Crippen LogP contribution < -0.4 is 14.8 Å². The molecule has 2 aromatic rings. The van der Waals surface area contributed by atoms with Crippen molar-refractivity contribution in [3.8, 4) is 17.6 Å². The third kappa shape index (κ3) is 5.42. The molecule has 0 radical (unpaired) electrons. The second kappa shape index (κ2) is 10.5. The normalized spacial score (nSPS) is 14.1. The number of nitrogens with one attached hydrogen (secondary N) is 1. The third-order valence-electron chi connectivity index (χ3n) is 4.63. The molecule has 33 heavy (non-hydrogen) atoms. The number of carbonyl (C=O) groups excluding carboxylic acids is 3. The smallest absolute Gasteiger partial charge is 0.329 e. The molecule has 170 valence electrons. The second-order valence-electron chi connectivity index (χ2n) is 6.78. The molecule has 0 unspecified atom stereocenters. The third-order valence-corrected chi connectivity index (χ3v) is 4.91. The number of benzene rings is 2. The highest BCUT2D eigenvalue weighted by Crippen LogP contribution is 2.38. The van der Waals surface area contributed by atoms with Crippen LogP contribution in [0.2, 0.25) is 5.02 Å². The Morgan fingerprint density at radius 1 is 1.24 bits per heavy atom. The van der Waals surface area contributed by atoms with E-state index in [2.05, 4.69) is 16.1 Å². The number of amides is 3. The minimum absolute atomic E-state index is 0.0287. The fourth-order valence-corrected chi connectivity index (χ4v) is 3.33. The lowest BCUT2D eigenvalue weighted by Gasteiger charge is -2.15. The van der Waals surface area contributed by atoms with E-state index >= 15 is 0 Å². The molecule has 3 amide bonds. The molecule has 9 nitrogen and oxygen atoms in total. The van der Waals surface area contributed by atoms with Crippen LogP contribution >= 0.6 is 11.6 Å². The van der Waals surface area contributed by atoms with E-state index in [4.69, 9.17) is 21.1 Å². The Morgan fingerprint density at radius 3 is 2.70 bits per heavy atom. The maximum absolute atomic E-state index is 12.5. The number of nitrogens with zero attached hydrogens (tertiary/aromatic N) is 2. The van der Waals surface area contributed by atoms with Crippen LogP contribution in [0.1, 0.15) is 23.6 Å². The Bertz CT molecular complexity index is 1170. The fraction of sp³-hybridized carbons (Fsp3) is 0.217. The molecule has 1 saturated heterocycles. The van der Waals surface area contributed by atoms with Gasteiger partial charge in [-0.1, -0.05) is 29.8 Å². The quantitative estimate of drug-likeness (QED) is 0.358. The summed E-state index contributed by atoms with van der Waals surface area (Å²) >= 11 is 6.43. The van der Waals surface area contributed by atoms with Crippen molar-refractivity contribution in [1.29, 1.82) is 5.26 Å². The lowest BCUT2D eigenvalue weighted by Crippen LogP contribution is -2.36. The van der Waals surface area contributed by atoms with E-state index in [0.29, 0.717) is 29.0 Å². The zero-order valence-corrected chi connectivity index (χ0v) is 18.6. The highest BCUT2D eigenvalue weighted by atomic mass is 35.5. The van der Waals surface area contributed by atoms with Gasteiger partial charge >= 0.3 is 12.0 Å². The van der Waals surface area contributed by atoms with Crippen molar-refractivity contribution in [1.82, 2.24) is 10.2 Å². The number of hydrogen-bond acceptors (Lipinski definition) is 7. The average molecular weight is 470 g/mol. The van der Waals surface area contributed by atoms with Crippen LogP contribution in [0.3, 0.4) is 0 Å². The zero-order chi connectivity index (χ0) is 24.0. The van der Waals surface area contributed by atoms with Gasteiger partial charge in [-0.05, 0) is 36.8 Å². The summed E-state index contributed by atoms with van der Waals surface area (Å²) in [6.45, 7) is 1.71. The minimum atomic E-state index is -0.733. The Balaban J connectivity index is 1.86. The first kappa shape index (κ1) is 23.6. The molecule has 1 heterocycles. The molecule has 0 aromatic heterocycles. The van der Waals surface area contributed by atoms with Crippen molar-refractivity contribution in [2.24, 2.45) is 0 Å². The number of methoxy groups -OCH3 is 1. The fourth-order valence-electron chi connectivity index (χ4n) is 3.05. The van der Waals surface area contributed by atoms with E-state index in [1.165, 1.54) is 6.08 Å². The van der Waals surface area contributed by atoms with Gasteiger partial charge in [-0.3, -0.25) is 9.59 Å². The average Bonchev–Trinajstić information content (AvgIpc) is 3.06. The summed E-state index contributed by atoms with van der Waals surface area (Å²) in [6.07, 6.45) is 1.42. The summed E-state index contributed by atoms with van der Waals surface area (Å²) in [6, 6.07) is 11.6. The summed E-state index contributed by atoms with van der Waals surface area (Å²) in [7, 11) is 1.16. The topological polar surface area (TPSA) is 118 Å². The van der Waals surface area contributed by atoms with Gasteiger partial charge in [0.25, 0.3) is 5.91 Å². The monoisotopic (exact) mass is 469 g/mol. The highest BCUT2D eigenvalue weighted by molar-refractivity contribution is 6.32. The van der Waals surface area contributed by atoms with E-state index < -0.39 is 24.5 Å². The van der Waals surface area contributed by atoms with Crippen LogP contribution in [0, 0.1) is 11.3 Å². The van der Waals surface area contributed by atoms with Crippen molar-refractivity contribution >= 4 is 35.6 Å². The van der Waals surface area contributed by atoms with Crippen molar-refractivity contribution in [3.63, 3.8) is 0 Å². The first-order valence-corrected chi connectivity index (χ1v) is 10.2. The zero-order valence-electron chi connectivity index (χ0n) is 17.9. The summed E-state index contributed by atoms with van der Waals surface area (Å²) in [4.78, 5) is 36.7. The maximum atomic E-state index is 12.5. The van der Waals surface area contributed by atoms with Gasteiger partial charge in [0.15, 0.2) is 11.5 Å². The Labute approximate surface area is 195 Å². The predicted molar refractivity (Wildman–Crippen MR) is 118 cm³/mol. The van der Waals surface area contributed by atoms with Gasteiger partial charge in [0.2, 0.25) is 0 Å². The van der Waals surface area contributed by atoms with Crippen molar-refractivity contribution in [2.75, 3.05) is 20.3 Å². The number of rotatable bonds is 8. The number of imide groups is 1. The molecule has 1 aliphatic rings. The second-order valence-corrected chi connectivity index (χ2v) is 7.18. The van der Waals surface area contributed by atoms with Gasteiger partial charge in [-0.2, -0.15) is 5.26 Å². The van der Waals surface area contributed by atoms with E-state index in [0.717, 1.165) is 12.0 Å².